The van der Waals surface area contributed by atoms with E-state index < -0.39 is 181 Å². The molecule has 0 fully saturated rings. The van der Waals surface area contributed by atoms with Crippen LogP contribution in [0.3, 0.4) is 0 Å². The highest BCUT2D eigenvalue weighted by molar-refractivity contribution is 5.84. The Hall–Kier alpha value is -7.21. The molecule has 2 N–H and O–H groups in total. The summed E-state index contributed by atoms with van der Waals surface area (Å²) in [6.45, 7) is 15.6. The molecular weight excluding hydrogens is 908 g/mol. The summed E-state index contributed by atoms with van der Waals surface area (Å²) in [5.74, 6) is -7.43. The minimum atomic E-state index is -1.81. The van der Waals surface area contributed by atoms with E-state index in [9.17, 15) is 53.4 Å². The lowest BCUT2D eigenvalue weighted by atomic mass is 9.90. The fraction of sp³-hybridized carbons (Fsp3) is 0.444. The molecule has 0 aliphatic carbocycles. The maximum atomic E-state index is 13.2. The van der Waals surface area contributed by atoms with Gasteiger partial charge in [0.25, 0.3) is 0 Å². The molecule has 0 rings (SSSR count). The van der Waals surface area contributed by atoms with Gasteiger partial charge in [0.1, 0.15) is 66.1 Å². The summed E-state index contributed by atoms with van der Waals surface area (Å²) in [7, 11) is 0. The van der Waals surface area contributed by atoms with Gasteiger partial charge in [-0.15, -0.1) is 0 Å². The van der Waals surface area contributed by atoms with Gasteiger partial charge < -0.3 is 67.1 Å². The predicted octanol–water partition coefficient (Wildman–Crippen LogP) is 0.937. The molecule has 23 nitrogen and oxygen atoms in total. The minimum absolute atomic E-state index is 0.568. The molecule has 0 saturated carbocycles. The molecule has 0 radical (unpaired) electrons. The smallest absolute Gasteiger partial charge is 0.462 e. The van der Waals surface area contributed by atoms with Crippen LogP contribution in [0, 0.1) is 21.7 Å². The Morgan fingerprint density at radius 1 is 0.279 bits per heavy atom. The topological polar surface area (TPSA) is 305 Å². The van der Waals surface area contributed by atoms with Gasteiger partial charge in [0.05, 0.1) is 61.3 Å². The fourth-order valence-corrected chi connectivity index (χ4v) is 4.72. The monoisotopic (exact) mass is 966 g/mol. The van der Waals surface area contributed by atoms with Gasteiger partial charge in [-0.05, 0) is 0 Å². The summed E-state index contributed by atoms with van der Waals surface area (Å²) in [6.07, 6.45) is 5.13. The average molecular weight is 967 g/mol. The van der Waals surface area contributed by atoms with Gasteiger partial charge >= 0.3 is 53.9 Å². The summed E-state index contributed by atoms with van der Waals surface area (Å²) >= 11 is 0. The zero-order chi connectivity index (χ0) is 51.7. The zero-order valence-electron chi connectivity index (χ0n) is 37.6. The van der Waals surface area contributed by atoms with Gasteiger partial charge in [0.15, 0.2) is 0 Å². The summed E-state index contributed by atoms with van der Waals surface area (Å²) < 4.78 is 63.7. The van der Waals surface area contributed by atoms with E-state index in [0.717, 1.165) is 48.6 Å². The van der Waals surface area contributed by atoms with Crippen LogP contribution in [0.5, 0.6) is 0 Å². The Morgan fingerprint density at radius 2 is 0.441 bits per heavy atom. The number of hydrogen-bond acceptors (Lipinski definition) is 23. The molecule has 0 heterocycles. The molecule has 0 saturated heterocycles. The third kappa shape index (κ3) is 23.8. The largest absolute Gasteiger partial charge is 0.508 e. The molecule has 23 heteroatoms. The van der Waals surface area contributed by atoms with E-state index in [0.29, 0.717) is 0 Å². The van der Waals surface area contributed by atoms with E-state index in [-0.39, 0.29) is 0 Å². The second-order valence-corrected chi connectivity index (χ2v) is 14.6. The Kier molecular flexibility index (Phi) is 29.0. The number of aliphatic hydroxyl groups is 2. The standard InChI is InChI=1S/C45H58O23/c1-9-33(48)59-23-42(17-46,19-57-21-44(27-61-35(50)11-3,28-62-36(51)12-4)29-63-37(52)13-5)25-67-41(56)68-26-43(18-47,24-60-34(49)10-2)20-58-22-45(30-64-38(53)14-6,31-65-39(54)15-7)32-66-40(55)16-8/h9-16,46-47H,1-8,17-32H2. The molecule has 0 aromatic rings. The lowest BCUT2D eigenvalue weighted by Crippen LogP contribution is -2.47. The van der Waals surface area contributed by atoms with E-state index >= 15 is 0 Å². The van der Waals surface area contributed by atoms with Crippen LogP contribution in [0.4, 0.5) is 4.79 Å². The van der Waals surface area contributed by atoms with Crippen LogP contribution in [0.25, 0.3) is 0 Å². The summed E-state index contributed by atoms with van der Waals surface area (Å²) in [6, 6.07) is 0. The van der Waals surface area contributed by atoms with Crippen molar-refractivity contribution in [2.75, 3.05) is 106 Å². The van der Waals surface area contributed by atoms with E-state index in [1.807, 2.05) is 0 Å². The van der Waals surface area contributed by atoms with Gasteiger partial charge in [-0.3, -0.25) is 0 Å². The minimum Gasteiger partial charge on any atom is -0.462 e. The van der Waals surface area contributed by atoms with Crippen LogP contribution in [-0.2, 0) is 95.2 Å². The Labute approximate surface area is 392 Å². The molecule has 68 heavy (non-hydrogen) atoms. The van der Waals surface area contributed by atoms with Gasteiger partial charge in [0, 0.05) is 48.6 Å². The number of hydrogen-bond donors (Lipinski definition) is 2. The zero-order valence-corrected chi connectivity index (χ0v) is 37.6. The van der Waals surface area contributed by atoms with Crippen LogP contribution >= 0.6 is 0 Å². The van der Waals surface area contributed by atoms with Crippen molar-refractivity contribution in [2.24, 2.45) is 21.7 Å². The van der Waals surface area contributed by atoms with Crippen LogP contribution in [0.15, 0.2) is 101 Å². The highest BCUT2D eigenvalue weighted by Crippen LogP contribution is 2.28. The molecule has 376 valence electrons. The van der Waals surface area contributed by atoms with Crippen molar-refractivity contribution in [3.8, 4) is 0 Å². The SMILES string of the molecule is C=CC(=O)OCC(COCC(CO)(COC(=O)C=C)COC(=O)OCC(CO)(COCC(COC(=O)C=C)(COC(=O)C=C)COC(=O)C=C)COC(=O)C=C)(COC(=O)C=C)COC(=O)C=C. The van der Waals surface area contributed by atoms with Crippen LogP contribution in [0.2, 0.25) is 0 Å². The number of rotatable bonds is 38. The first-order valence-electron chi connectivity index (χ1n) is 19.8. The molecule has 0 bridgehead atoms. The van der Waals surface area contributed by atoms with Crippen molar-refractivity contribution >= 4 is 53.9 Å². The van der Waals surface area contributed by atoms with Crippen molar-refractivity contribution in [1.82, 2.24) is 0 Å². The first-order chi connectivity index (χ1) is 32.3. The molecule has 2 unspecified atom stereocenters. The molecule has 0 aliphatic rings. The van der Waals surface area contributed by atoms with Crippen LogP contribution in [-0.4, -0.2) is 170 Å². The first-order valence-corrected chi connectivity index (χ1v) is 19.8. The highest BCUT2D eigenvalue weighted by atomic mass is 16.7. The Morgan fingerprint density at radius 3 is 0.618 bits per heavy atom. The van der Waals surface area contributed by atoms with E-state index in [1.54, 1.807) is 0 Å². The third-order valence-corrected chi connectivity index (χ3v) is 8.79. The number of aliphatic hydroxyl groups excluding tert-OH is 2. The number of carbonyl (C=O) groups excluding carboxylic acids is 9. The van der Waals surface area contributed by atoms with Gasteiger partial charge in [-0.25, -0.2) is 43.2 Å². The molecule has 0 aliphatic heterocycles. The van der Waals surface area contributed by atoms with Crippen molar-refractivity contribution in [1.29, 1.82) is 0 Å². The fourth-order valence-electron chi connectivity index (χ4n) is 4.72. The average Bonchev–Trinajstić information content (AvgIpc) is 3.36. The molecular formula is C45H58O23. The quantitative estimate of drug-likeness (QED) is 0.0494. The molecule has 0 aromatic carbocycles. The Balaban J connectivity index is 6.67. The molecule has 0 amide bonds. The van der Waals surface area contributed by atoms with E-state index in [2.05, 4.69) is 52.6 Å². The van der Waals surface area contributed by atoms with Gasteiger partial charge in [-0.2, -0.15) is 0 Å². The van der Waals surface area contributed by atoms with Crippen LogP contribution in [0.1, 0.15) is 0 Å². The third-order valence-electron chi connectivity index (χ3n) is 8.79. The summed E-state index contributed by atoms with van der Waals surface area (Å²) in [5.41, 5.74) is -6.89. The second-order valence-electron chi connectivity index (χ2n) is 14.6. The lowest BCUT2D eigenvalue weighted by Gasteiger charge is -2.35. The van der Waals surface area contributed by atoms with Gasteiger partial charge in [-0.1, -0.05) is 52.6 Å². The van der Waals surface area contributed by atoms with Crippen LogP contribution < -0.4 is 0 Å². The van der Waals surface area contributed by atoms with Crippen molar-refractivity contribution in [3.63, 3.8) is 0 Å². The lowest BCUT2D eigenvalue weighted by molar-refractivity contribution is -0.167. The highest BCUT2D eigenvalue weighted by Gasteiger charge is 2.42. The van der Waals surface area contributed by atoms with Crippen molar-refractivity contribution in [3.05, 3.63) is 101 Å². The van der Waals surface area contributed by atoms with E-state index in [1.165, 1.54) is 0 Å². The van der Waals surface area contributed by atoms with E-state index in [4.69, 9.17) is 56.8 Å². The van der Waals surface area contributed by atoms with Gasteiger partial charge in [0.2, 0.25) is 0 Å². The molecule has 0 spiro atoms. The second kappa shape index (κ2) is 32.5. The van der Waals surface area contributed by atoms with Crippen molar-refractivity contribution < 1.29 is 110 Å². The number of ether oxygens (including phenoxy) is 12. The van der Waals surface area contributed by atoms with Crippen molar-refractivity contribution in [2.45, 2.75) is 0 Å². The maximum Gasteiger partial charge on any atom is 0.508 e. The predicted molar refractivity (Wildman–Crippen MR) is 232 cm³/mol. The maximum absolute atomic E-state index is 13.2. The summed E-state index contributed by atoms with van der Waals surface area (Å²) in [4.78, 5) is 110. The molecule has 0 aromatic heterocycles. The first kappa shape index (κ1) is 60.8. The number of esters is 8. The summed E-state index contributed by atoms with van der Waals surface area (Å²) in [5, 5.41) is 21.2. The molecule has 2 atom stereocenters. The Bertz CT molecular complexity index is 1580. The normalized spacial score (nSPS) is 12.5. The number of carbonyl (C=O) groups is 9.